The summed E-state index contributed by atoms with van der Waals surface area (Å²) in [6, 6.07) is 0. The van der Waals surface area contributed by atoms with Crippen LogP contribution in [0.25, 0.3) is 0 Å². The molecular weight excluding hydrogens is 226 g/mol. The van der Waals surface area contributed by atoms with Gasteiger partial charge in [-0.25, -0.2) is 0 Å². The van der Waals surface area contributed by atoms with Crippen LogP contribution in [-0.4, -0.2) is 27.0 Å². The van der Waals surface area contributed by atoms with Crippen molar-refractivity contribution in [1.29, 1.82) is 0 Å². The molecule has 1 heterocycles. The Hall–Kier alpha value is -0.870. The van der Waals surface area contributed by atoms with Crippen LogP contribution >= 0.6 is 0 Å². The van der Waals surface area contributed by atoms with Crippen LogP contribution in [0.4, 0.5) is 0 Å². The van der Waals surface area contributed by atoms with Crippen LogP contribution in [-0.2, 0) is 13.1 Å². The van der Waals surface area contributed by atoms with Crippen molar-refractivity contribution in [2.24, 2.45) is 0 Å². The third-order valence-corrected chi connectivity index (χ3v) is 4.10. The van der Waals surface area contributed by atoms with E-state index >= 15 is 0 Å². The molecule has 0 aliphatic heterocycles. The van der Waals surface area contributed by atoms with E-state index in [0.717, 1.165) is 30.8 Å². The van der Waals surface area contributed by atoms with E-state index in [4.69, 9.17) is 5.11 Å². The Morgan fingerprint density at radius 1 is 1.28 bits per heavy atom. The van der Waals surface area contributed by atoms with Crippen molar-refractivity contribution >= 4 is 0 Å². The molecule has 0 amide bonds. The molecule has 4 heteroatoms. The predicted molar refractivity (Wildman–Crippen MR) is 74.6 cm³/mol. The Bertz CT molecular complexity index is 381. The molecule has 0 unspecified atom stereocenters. The van der Waals surface area contributed by atoms with E-state index in [-0.39, 0.29) is 12.1 Å². The summed E-state index contributed by atoms with van der Waals surface area (Å²) in [4.78, 5) is 0. The second kappa shape index (κ2) is 6.34. The molecule has 0 atom stereocenters. The summed E-state index contributed by atoms with van der Waals surface area (Å²) in [7, 11) is 0. The molecule has 0 saturated heterocycles. The zero-order valence-electron chi connectivity index (χ0n) is 12.4. The highest BCUT2D eigenvalue weighted by Crippen LogP contribution is 2.18. The fourth-order valence-electron chi connectivity index (χ4n) is 2.10. The van der Waals surface area contributed by atoms with Crippen molar-refractivity contribution in [3.8, 4) is 0 Å². The Kier molecular flexibility index (Phi) is 5.35. The molecule has 1 rings (SSSR count). The van der Waals surface area contributed by atoms with Crippen molar-refractivity contribution in [2.45, 2.75) is 66.1 Å². The Labute approximate surface area is 110 Å². The fraction of sp³-hybridized carbons (Fsp3) is 0.786. The minimum atomic E-state index is 0.135. The van der Waals surface area contributed by atoms with Crippen LogP contribution in [0.1, 0.15) is 50.6 Å². The van der Waals surface area contributed by atoms with Gasteiger partial charge in [-0.05, 0) is 33.6 Å². The zero-order chi connectivity index (χ0) is 13.8. The molecule has 0 fully saturated rings. The first kappa shape index (κ1) is 15.2. The van der Waals surface area contributed by atoms with E-state index in [1.807, 2.05) is 11.6 Å². The van der Waals surface area contributed by atoms with Crippen LogP contribution in [0, 0.1) is 13.8 Å². The van der Waals surface area contributed by atoms with Gasteiger partial charge in [-0.15, -0.1) is 0 Å². The van der Waals surface area contributed by atoms with Gasteiger partial charge in [0.1, 0.15) is 0 Å². The van der Waals surface area contributed by atoms with Crippen molar-refractivity contribution in [2.75, 3.05) is 6.61 Å². The van der Waals surface area contributed by atoms with Crippen molar-refractivity contribution in [1.82, 2.24) is 15.1 Å². The monoisotopic (exact) mass is 253 g/mol. The molecule has 18 heavy (non-hydrogen) atoms. The first-order chi connectivity index (χ1) is 8.47. The van der Waals surface area contributed by atoms with Gasteiger partial charge in [0.05, 0.1) is 18.8 Å². The number of hydrogen-bond acceptors (Lipinski definition) is 3. The fourth-order valence-corrected chi connectivity index (χ4v) is 2.10. The van der Waals surface area contributed by atoms with Crippen LogP contribution in [0.3, 0.4) is 0 Å². The van der Waals surface area contributed by atoms with E-state index in [1.54, 1.807) is 0 Å². The molecule has 0 spiro atoms. The molecule has 2 N–H and O–H groups in total. The third-order valence-electron chi connectivity index (χ3n) is 4.10. The molecule has 0 saturated carbocycles. The predicted octanol–water partition coefficient (Wildman–Crippen LogP) is 2.16. The number of aryl methyl sites for hydroxylation is 1. The summed E-state index contributed by atoms with van der Waals surface area (Å²) < 4.78 is 1.89. The summed E-state index contributed by atoms with van der Waals surface area (Å²) in [5, 5.41) is 17.1. The quantitative estimate of drug-likeness (QED) is 0.783. The van der Waals surface area contributed by atoms with Gasteiger partial charge in [0.2, 0.25) is 0 Å². The molecular formula is C14H27N3O. The van der Waals surface area contributed by atoms with Crippen LogP contribution in [0.2, 0.25) is 0 Å². The molecule has 4 nitrogen and oxygen atoms in total. The third kappa shape index (κ3) is 3.33. The smallest absolute Gasteiger partial charge is 0.0644 e. The maximum atomic E-state index is 9.00. The van der Waals surface area contributed by atoms with Gasteiger partial charge < -0.3 is 10.4 Å². The van der Waals surface area contributed by atoms with E-state index in [0.29, 0.717) is 6.54 Å². The minimum Gasteiger partial charge on any atom is -0.394 e. The normalized spacial score (nSPS) is 12.1. The molecule has 104 valence electrons. The molecule has 0 aliphatic rings. The van der Waals surface area contributed by atoms with E-state index < -0.39 is 0 Å². The highest BCUT2D eigenvalue weighted by molar-refractivity contribution is 5.24. The van der Waals surface area contributed by atoms with Crippen LogP contribution in [0.15, 0.2) is 0 Å². The molecule has 0 radical (unpaired) electrons. The first-order valence-electron chi connectivity index (χ1n) is 6.86. The highest BCUT2D eigenvalue weighted by Gasteiger charge is 2.20. The molecule has 1 aromatic heterocycles. The van der Waals surface area contributed by atoms with Crippen molar-refractivity contribution in [3.63, 3.8) is 0 Å². The summed E-state index contributed by atoms with van der Waals surface area (Å²) in [6.07, 6.45) is 2.23. The summed E-state index contributed by atoms with van der Waals surface area (Å²) >= 11 is 0. The van der Waals surface area contributed by atoms with E-state index in [9.17, 15) is 0 Å². The SMILES string of the molecule is CCC(C)(CC)NCc1c(C)nn(CCO)c1C. The van der Waals surface area contributed by atoms with E-state index in [2.05, 4.69) is 38.1 Å². The molecule has 0 bridgehead atoms. The van der Waals surface area contributed by atoms with Crippen LogP contribution < -0.4 is 5.32 Å². The van der Waals surface area contributed by atoms with Gasteiger partial charge in [-0.3, -0.25) is 4.68 Å². The summed E-state index contributed by atoms with van der Waals surface area (Å²) in [5.74, 6) is 0. The number of nitrogens with one attached hydrogen (secondary N) is 1. The maximum Gasteiger partial charge on any atom is 0.0644 e. The highest BCUT2D eigenvalue weighted by atomic mass is 16.3. The number of aliphatic hydroxyl groups excluding tert-OH is 1. The Balaban J connectivity index is 2.79. The zero-order valence-corrected chi connectivity index (χ0v) is 12.4. The van der Waals surface area contributed by atoms with Crippen LogP contribution in [0.5, 0.6) is 0 Å². The first-order valence-corrected chi connectivity index (χ1v) is 6.86. The standard InChI is InChI=1S/C14H27N3O/c1-6-14(5,7-2)15-10-13-11(3)16-17(8-9-18)12(13)4/h15,18H,6-10H2,1-5H3. The van der Waals surface area contributed by atoms with Crippen molar-refractivity contribution < 1.29 is 5.11 Å². The molecule has 0 aromatic carbocycles. The second-order valence-corrected chi connectivity index (χ2v) is 5.22. The van der Waals surface area contributed by atoms with Crippen molar-refractivity contribution in [3.05, 3.63) is 17.0 Å². The average molecular weight is 253 g/mol. The minimum absolute atomic E-state index is 0.135. The van der Waals surface area contributed by atoms with E-state index in [1.165, 1.54) is 5.56 Å². The van der Waals surface area contributed by atoms with Gasteiger partial charge in [-0.2, -0.15) is 5.10 Å². The van der Waals surface area contributed by atoms with Gasteiger partial charge in [0.25, 0.3) is 0 Å². The Morgan fingerprint density at radius 3 is 2.39 bits per heavy atom. The lowest BCUT2D eigenvalue weighted by Crippen LogP contribution is -2.40. The lowest BCUT2D eigenvalue weighted by Gasteiger charge is -2.28. The second-order valence-electron chi connectivity index (χ2n) is 5.22. The summed E-state index contributed by atoms with van der Waals surface area (Å²) in [6.45, 7) is 12.4. The number of nitrogens with zero attached hydrogens (tertiary/aromatic N) is 2. The number of aromatic nitrogens is 2. The maximum absolute atomic E-state index is 9.00. The number of rotatable bonds is 7. The lowest BCUT2D eigenvalue weighted by molar-refractivity contribution is 0.267. The molecule has 0 aliphatic carbocycles. The number of hydrogen-bond donors (Lipinski definition) is 2. The topological polar surface area (TPSA) is 50.1 Å². The lowest BCUT2D eigenvalue weighted by atomic mass is 9.95. The molecule has 1 aromatic rings. The average Bonchev–Trinajstić information content (AvgIpc) is 2.63. The van der Waals surface area contributed by atoms with Gasteiger partial charge in [0.15, 0.2) is 0 Å². The number of aliphatic hydroxyl groups is 1. The largest absolute Gasteiger partial charge is 0.394 e. The van der Waals surface area contributed by atoms with Gasteiger partial charge in [-0.1, -0.05) is 13.8 Å². The van der Waals surface area contributed by atoms with Gasteiger partial charge >= 0.3 is 0 Å². The Morgan fingerprint density at radius 2 is 1.89 bits per heavy atom. The van der Waals surface area contributed by atoms with Gasteiger partial charge in [0, 0.05) is 23.3 Å². The summed E-state index contributed by atoms with van der Waals surface area (Å²) in [5.41, 5.74) is 3.67.